The summed E-state index contributed by atoms with van der Waals surface area (Å²) in [6.45, 7) is 3.19. The fourth-order valence-electron chi connectivity index (χ4n) is 4.39. The maximum Gasteiger partial charge on any atom is 0.0465 e. The summed E-state index contributed by atoms with van der Waals surface area (Å²) < 4.78 is 0. The molecule has 4 nitrogen and oxygen atoms in total. The Balaban J connectivity index is 1.19. The topological polar surface area (TPSA) is 44.0 Å². The first-order chi connectivity index (χ1) is 14.8. The van der Waals surface area contributed by atoms with Crippen LogP contribution >= 0.6 is 0 Å². The lowest BCUT2D eigenvalue weighted by atomic mass is 10.0. The molecule has 0 spiro atoms. The van der Waals surface area contributed by atoms with Crippen molar-refractivity contribution in [3.8, 4) is 11.3 Å². The smallest absolute Gasteiger partial charge is 0.0465 e. The van der Waals surface area contributed by atoms with E-state index in [-0.39, 0.29) is 0 Å². The molecular weight excluding hydrogens is 368 g/mol. The second-order valence-electron chi connectivity index (χ2n) is 8.11. The third kappa shape index (κ3) is 4.24. The molecule has 2 aromatic carbocycles. The molecular formula is C26H28N4. The van der Waals surface area contributed by atoms with E-state index in [2.05, 4.69) is 86.9 Å². The highest BCUT2D eigenvalue weighted by Gasteiger charge is 2.19. The summed E-state index contributed by atoms with van der Waals surface area (Å²) in [5.74, 6) is 0. The van der Waals surface area contributed by atoms with Crippen LogP contribution < -0.4 is 10.2 Å². The Kier molecular flexibility index (Phi) is 5.49. The van der Waals surface area contributed by atoms with Crippen LogP contribution in [-0.2, 0) is 6.42 Å². The molecule has 0 saturated carbocycles. The second-order valence-corrected chi connectivity index (χ2v) is 8.11. The van der Waals surface area contributed by atoms with E-state index in [9.17, 15) is 0 Å². The number of para-hydroxylation sites is 1. The summed E-state index contributed by atoms with van der Waals surface area (Å²) in [4.78, 5) is 10.5. The minimum Gasteiger partial charge on any atom is -0.371 e. The lowest BCUT2D eigenvalue weighted by Gasteiger charge is -2.34. The highest BCUT2D eigenvalue weighted by molar-refractivity contribution is 5.86. The number of pyridine rings is 1. The Morgan fingerprint density at radius 2 is 1.80 bits per heavy atom. The SMILES string of the molecule is c1ccc(CCNC2CCN(c3cccc(-c4cc5ccccc5[nH]4)c3)CC2)nc1. The van der Waals surface area contributed by atoms with Gasteiger partial charge in [0.2, 0.25) is 0 Å². The van der Waals surface area contributed by atoms with Crippen LogP contribution in [0.25, 0.3) is 22.2 Å². The highest BCUT2D eigenvalue weighted by Crippen LogP contribution is 2.28. The molecule has 1 fully saturated rings. The first-order valence-electron chi connectivity index (χ1n) is 10.9. The van der Waals surface area contributed by atoms with Crippen molar-refractivity contribution in [2.45, 2.75) is 25.3 Å². The zero-order chi connectivity index (χ0) is 20.2. The lowest BCUT2D eigenvalue weighted by molar-refractivity contribution is 0.417. The Bertz CT molecular complexity index is 1060. The number of piperidine rings is 1. The molecule has 0 atom stereocenters. The Morgan fingerprint density at radius 1 is 0.933 bits per heavy atom. The first kappa shape index (κ1) is 18.9. The predicted octanol–water partition coefficient (Wildman–Crippen LogP) is 5.03. The van der Waals surface area contributed by atoms with Crippen LogP contribution in [0.3, 0.4) is 0 Å². The van der Waals surface area contributed by atoms with Crippen LogP contribution in [0.4, 0.5) is 5.69 Å². The highest BCUT2D eigenvalue weighted by atomic mass is 15.1. The summed E-state index contributed by atoms with van der Waals surface area (Å²) >= 11 is 0. The van der Waals surface area contributed by atoms with Gasteiger partial charge in [0.15, 0.2) is 0 Å². The molecule has 30 heavy (non-hydrogen) atoms. The van der Waals surface area contributed by atoms with E-state index in [1.165, 1.54) is 40.7 Å². The quantitative estimate of drug-likeness (QED) is 0.480. The van der Waals surface area contributed by atoms with Crippen molar-refractivity contribution in [3.63, 3.8) is 0 Å². The van der Waals surface area contributed by atoms with Gasteiger partial charge in [0, 0.05) is 66.3 Å². The Labute approximate surface area is 178 Å². The fraction of sp³-hybridized carbons (Fsp3) is 0.269. The number of aromatic amines is 1. The van der Waals surface area contributed by atoms with Crippen LogP contribution in [0.5, 0.6) is 0 Å². The molecule has 1 saturated heterocycles. The number of aromatic nitrogens is 2. The van der Waals surface area contributed by atoms with Crippen molar-refractivity contribution in [3.05, 3.63) is 84.7 Å². The number of H-pyrrole nitrogens is 1. The van der Waals surface area contributed by atoms with Gasteiger partial charge < -0.3 is 15.2 Å². The molecule has 0 unspecified atom stereocenters. The standard InChI is InChI=1S/C26H28N4/c1-2-10-25-21(6-1)19-26(29-25)20-7-5-9-24(18-20)30-16-12-23(13-17-30)28-15-11-22-8-3-4-14-27-22/h1-10,14,18-19,23,28-29H,11-13,15-17H2. The van der Waals surface area contributed by atoms with Crippen molar-refractivity contribution >= 4 is 16.6 Å². The summed E-state index contributed by atoms with van der Waals surface area (Å²) in [5, 5.41) is 4.98. The number of hydrogen-bond donors (Lipinski definition) is 2. The van der Waals surface area contributed by atoms with Gasteiger partial charge >= 0.3 is 0 Å². The Hall–Kier alpha value is -3.11. The Morgan fingerprint density at radius 3 is 2.63 bits per heavy atom. The number of nitrogens with zero attached hydrogens (tertiary/aromatic N) is 2. The number of fused-ring (bicyclic) bond motifs is 1. The van der Waals surface area contributed by atoms with Crippen LogP contribution in [0.1, 0.15) is 18.5 Å². The third-order valence-corrected chi connectivity index (χ3v) is 6.09. The zero-order valence-electron chi connectivity index (χ0n) is 17.2. The average molecular weight is 397 g/mol. The molecule has 152 valence electrons. The van der Waals surface area contributed by atoms with Gasteiger partial charge in [-0.05, 0) is 54.8 Å². The van der Waals surface area contributed by atoms with Crippen molar-refractivity contribution in [1.29, 1.82) is 0 Å². The summed E-state index contributed by atoms with van der Waals surface area (Å²) in [5.41, 5.74) is 6.10. The molecule has 5 rings (SSSR count). The molecule has 4 aromatic rings. The van der Waals surface area contributed by atoms with Gasteiger partial charge in [-0.1, -0.05) is 36.4 Å². The molecule has 0 radical (unpaired) electrons. The van der Waals surface area contributed by atoms with Gasteiger partial charge in [0.05, 0.1) is 0 Å². The van der Waals surface area contributed by atoms with E-state index in [4.69, 9.17) is 0 Å². The molecule has 2 aromatic heterocycles. The molecule has 1 aliphatic rings. The van der Waals surface area contributed by atoms with E-state index < -0.39 is 0 Å². The maximum atomic E-state index is 4.41. The largest absolute Gasteiger partial charge is 0.371 e. The number of anilines is 1. The van der Waals surface area contributed by atoms with Gasteiger partial charge in [-0.2, -0.15) is 0 Å². The van der Waals surface area contributed by atoms with Gasteiger partial charge in [-0.15, -0.1) is 0 Å². The first-order valence-corrected chi connectivity index (χ1v) is 10.9. The summed E-state index contributed by atoms with van der Waals surface area (Å²) in [7, 11) is 0. The van der Waals surface area contributed by atoms with Crippen LogP contribution in [-0.4, -0.2) is 35.6 Å². The molecule has 0 amide bonds. The molecule has 4 heteroatoms. The fourth-order valence-corrected chi connectivity index (χ4v) is 4.39. The summed E-state index contributed by atoms with van der Waals surface area (Å²) in [6.07, 6.45) is 5.23. The number of rotatable bonds is 6. The van der Waals surface area contributed by atoms with E-state index in [0.29, 0.717) is 6.04 Å². The molecule has 0 aliphatic carbocycles. The van der Waals surface area contributed by atoms with Gasteiger partial charge in [-0.3, -0.25) is 4.98 Å². The minimum absolute atomic E-state index is 0.599. The van der Waals surface area contributed by atoms with Crippen LogP contribution in [0.2, 0.25) is 0 Å². The lowest BCUT2D eigenvalue weighted by Crippen LogP contribution is -2.43. The average Bonchev–Trinajstić information content (AvgIpc) is 3.25. The third-order valence-electron chi connectivity index (χ3n) is 6.09. The van der Waals surface area contributed by atoms with Gasteiger partial charge in [-0.25, -0.2) is 0 Å². The summed E-state index contributed by atoms with van der Waals surface area (Å²) in [6, 6.07) is 26.4. The zero-order valence-corrected chi connectivity index (χ0v) is 17.2. The maximum absolute atomic E-state index is 4.41. The molecule has 2 N–H and O–H groups in total. The van der Waals surface area contributed by atoms with E-state index in [1.807, 2.05) is 12.3 Å². The second kappa shape index (κ2) is 8.72. The van der Waals surface area contributed by atoms with Crippen molar-refractivity contribution < 1.29 is 0 Å². The van der Waals surface area contributed by atoms with Crippen molar-refractivity contribution in [2.24, 2.45) is 0 Å². The van der Waals surface area contributed by atoms with E-state index >= 15 is 0 Å². The van der Waals surface area contributed by atoms with Crippen molar-refractivity contribution in [1.82, 2.24) is 15.3 Å². The predicted molar refractivity (Wildman–Crippen MR) is 125 cm³/mol. The van der Waals surface area contributed by atoms with Gasteiger partial charge in [0.25, 0.3) is 0 Å². The van der Waals surface area contributed by atoms with E-state index in [0.717, 1.165) is 31.7 Å². The van der Waals surface area contributed by atoms with Crippen molar-refractivity contribution in [2.75, 3.05) is 24.5 Å². The van der Waals surface area contributed by atoms with Crippen LogP contribution in [0.15, 0.2) is 79.0 Å². The normalized spacial score (nSPS) is 15.0. The monoisotopic (exact) mass is 396 g/mol. The molecule has 1 aliphatic heterocycles. The van der Waals surface area contributed by atoms with E-state index in [1.54, 1.807) is 0 Å². The molecule has 0 bridgehead atoms. The number of hydrogen-bond acceptors (Lipinski definition) is 3. The minimum atomic E-state index is 0.599. The van der Waals surface area contributed by atoms with Gasteiger partial charge in [0.1, 0.15) is 0 Å². The number of benzene rings is 2. The number of nitrogens with one attached hydrogen (secondary N) is 2. The van der Waals surface area contributed by atoms with Crippen LogP contribution in [0, 0.1) is 0 Å². The molecule has 3 heterocycles.